The van der Waals surface area contributed by atoms with E-state index in [0.717, 1.165) is 14.6 Å². The van der Waals surface area contributed by atoms with Crippen LogP contribution in [-0.4, -0.2) is 13.0 Å². The summed E-state index contributed by atoms with van der Waals surface area (Å²) in [5.41, 5.74) is 1.43. The molecule has 0 radical (unpaired) electrons. The number of fused-ring (bicyclic) bond motifs is 1. The van der Waals surface area contributed by atoms with Crippen molar-refractivity contribution >= 4 is 43.5 Å². The van der Waals surface area contributed by atoms with Crippen molar-refractivity contribution in [2.24, 2.45) is 0 Å². The Morgan fingerprint density at radius 1 is 1.38 bits per heavy atom. The lowest BCUT2D eigenvalue weighted by Crippen LogP contribution is -2.34. The van der Waals surface area contributed by atoms with Gasteiger partial charge in [0.2, 0.25) is 5.91 Å². The van der Waals surface area contributed by atoms with Gasteiger partial charge in [0.1, 0.15) is 0 Å². The predicted molar refractivity (Wildman–Crippen MR) is 73.1 cm³/mol. The van der Waals surface area contributed by atoms with Crippen LogP contribution < -0.4 is 4.90 Å². The molecule has 1 amide bonds. The number of para-hydroxylation sites is 1. The first kappa shape index (κ1) is 11.9. The van der Waals surface area contributed by atoms with Gasteiger partial charge in [0.15, 0.2) is 0 Å². The Morgan fingerprint density at radius 3 is 2.62 bits per heavy atom. The van der Waals surface area contributed by atoms with Gasteiger partial charge in [-0.3, -0.25) is 4.79 Å². The van der Waals surface area contributed by atoms with Gasteiger partial charge in [0.25, 0.3) is 0 Å². The predicted octanol–water partition coefficient (Wildman–Crippen LogP) is 3.55. The summed E-state index contributed by atoms with van der Waals surface area (Å²) >= 11 is 6.65. The molecule has 1 aromatic carbocycles. The summed E-state index contributed by atoms with van der Waals surface area (Å²) in [6, 6.07) is 7.87. The molecule has 84 valence electrons. The number of benzene rings is 1. The molecule has 0 fully saturated rings. The van der Waals surface area contributed by atoms with Crippen LogP contribution in [-0.2, 0) is 10.2 Å². The average molecular weight is 345 g/mol. The number of likely N-dealkylation sites (N-methyl/N-ethyl adjacent to an activating group) is 1. The summed E-state index contributed by atoms with van der Waals surface area (Å²) in [7, 11) is 1.81. The maximum absolute atomic E-state index is 12.3. The minimum absolute atomic E-state index is 0.0881. The zero-order valence-electron chi connectivity index (χ0n) is 9.00. The molecule has 0 saturated carbocycles. The smallest absolute Gasteiger partial charge is 0.241 e. The van der Waals surface area contributed by atoms with Gasteiger partial charge in [-0.25, -0.2) is 0 Å². The van der Waals surface area contributed by atoms with Crippen LogP contribution in [0.4, 0.5) is 5.69 Å². The van der Waals surface area contributed by atoms with Crippen LogP contribution >= 0.6 is 31.9 Å². The molecule has 1 aliphatic heterocycles. The maximum atomic E-state index is 12.3. The molecule has 1 heterocycles. The van der Waals surface area contributed by atoms with E-state index in [0.29, 0.717) is 0 Å². The van der Waals surface area contributed by atoms with Crippen molar-refractivity contribution < 1.29 is 4.79 Å². The second-order valence-corrected chi connectivity index (χ2v) is 6.79. The Kier molecular flexibility index (Phi) is 2.97. The highest BCUT2D eigenvalue weighted by atomic mass is 79.9. The van der Waals surface area contributed by atoms with Crippen molar-refractivity contribution in [3.05, 3.63) is 39.3 Å². The minimum Gasteiger partial charge on any atom is -0.314 e. The van der Waals surface area contributed by atoms with E-state index in [9.17, 15) is 4.79 Å². The van der Waals surface area contributed by atoms with Gasteiger partial charge < -0.3 is 4.90 Å². The Morgan fingerprint density at radius 2 is 2.00 bits per heavy atom. The van der Waals surface area contributed by atoms with E-state index < -0.39 is 5.41 Å². The van der Waals surface area contributed by atoms with E-state index in [-0.39, 0.29) is 5.91 Å². The van der Waals surface area contributed by atoms with E-state index in [1.165, 1.54) is 0 Å². The van der Waals surface area contributed by atoms with Crippen LogP contribution in [0.3, 0.4) is 0 Å². The first-order valence-electron chi connectivity index (χ1n) is 4.88. The van der Waals surface area contributed by atoms with Crippen molar-refractivity contribution in [3.63, 3.8) is 0 Å². The fourth-order valence-corrected chi connectivity index (χ4v) is 3.05. The summed E-state index contributed by atoms with van der Waals surface area (Å²) in [6.45, 7) is 1.93. The van der Waals surface area contributed by atoms with Crippen molar-refractivity contribution in [3.8, 4) is 0 Å². The lowest BCUT2D eigenvalue weighted by molar-refractivity contribution is -0.120. The van der Waals surface area contributed by atoms with Gasteiger partial charge in [-0.15, -0.1) is 0 Å². The van der Waals surface area contributed by atoms with Gasteiger partial charge in [-0.2, -0.15) is 0 Å². The number of nitrogens with zero attached hydrogens (tertiary/aromatic N) is 1. The number of hydrogen-bond acceptors (Lipinski definition) is 1. The Labute approximate surface area is 112 Å². The number of hydrogen-bond donors (Lipinski definition) is 0. The van der Waals surface area contributed by atoms with Crippen molar-refractivity contribution in [1.82, 2.24) is 0 Å². The van der Waals surface area contributed by atoms with Crippen molar-refractivity contribution in [2.45, 2.75) is 12.3 Å². The molecule has 1 aromatic rings. The summed E-state index contributed by atoms with van der Waals surface area (Å²) in [5.74, 6) is 0.0881. The van der Waals surface area contributed by atoms with Gasteiger partial charge in [-0.05, 0) is 56.5 Å². The van der Waals surface area contributed by atoms with E-state index in [4.69, 9.17) is 0 Å². The van der Waals surface area contributed by atoms with Gasteiger partial charge in [0.05, 0.1) is 8.81 Å². The van der Waals surface area contributed by atoms with Gasteiger partial charge in [-0.1, -0.05) is 18.2 Å². The van der Waals surface area contributed by atoms with E-state index in [1.54, 1.807) is 4.90 Å². The first-order valence-corrected chi connectivity index (χ1v) is 6.47. The fourth-order valence-electron chi connectivity index (χ4n) is 2.14. The quantitative estimate of drug-likeness (QED) is 0.762. The summed E-state index contributed by atoms with van der Waals surface area (Å²) < 4.78 is 0.793. The molecule has 0 aromatic heterocycles. The van der Waals surface area contributed by atoms with Crippen LogP contribution in [0.25, 0.3) is 0 Å². The van der Waals surface area contributed by atoms with Crippen molar-refractivity contribution in [1.29, 1.82) is 0 Å². The monoisotopic (exact) mass is 343 g/mol. The van der Waals surface area contributed by atoms with Crippen LogP contribution in [0.2, 0.25) is 0 Å². The Bertz CT molecular complexity index is 480. The van der Waals surface area contributed by atoms with Crippen LogP contribution in [0.1, 0.15) is 12.5 Å². The van der Waals surface area contributed by atoms with E-state index in [1.807, 2.05) is 44.3 Å². The van der Waals surface area contributed by atoms with Crippen LogP contribution in [0.15, 0.2) is 33.7 Å². The zero-order chi connectivity index (χ0) is 11.9. The summed E-state index contributed by atoms with van der Waals surface area (Å²) in [4.78, 5) is 14.0. The Balaban J connectivity index is 2.65. The lowest BCUT2D eigenvalue weighted by Gasteiger charge is -2.18. The van der Waals surface area contributed by atoms with Gasteiger partial charge in [0, 0.05) is 12.7 Å². The van der Waals surface area contributed by atoms with Gasteiger partial charge >= 0.3 is 0 Å². The standard InChI is InChI=1S/C12H11Br2NO/c1-12(7-10(13)14)8-5-3-4-6-9(8)15(2)11(12)16/h3-7H,1-2H3. The highest BCUT2D eigenvalue weighted by Crippen LogP contribution is 2.43. The molecular weight excluding hydrogens is 334 g/mol. The lowest BCUT2D eigenvalue weighted by atomic mass is 9.84. The first-order chi connectivity index (χ1) is 7.47. The maximum Gasteiger partial charge on any atom is 0.241 e. The highest BCUT2D eigenvalue weighted by Gasteiger charge is 2.44. The topological polar surface area (TPSA) is 20.3 Å². The molecule has 0 spiro atoms. The number of halogens is 2. The normalized spacial score (nSPS) is 23.2. The molecule has 1 unspecified atom stereocenters. The third kappa shape index (κ3) is 1.64. The van der Waals surface area contributed by atoms with Crippen LogP contribution in [0, 0.1) is 0 Å². The molecule has 4 heteroatoms. The molecule has 0 saturated heterocycles. The number of rotatable bonds is 1. The molecule has 2 rings (SSSR count). The third-order valence-electron chi connectivity index (χ3n) is 2.97. The summed E-state index contributed by atoms with van der Waals surface area (Å²) in [5, 5.41) is 0. The molecule has 16 heavy (non-hydrogen) atoms. The SMILES string of the molecule is CN1C(=O)C(C)(C=C(Br)Br)c2ccccc21. The molecule has 0 bridgehead atoms. The minimum atomic E-state index is -0.590. The number of carbonyl (C=O) groups excluding carboxylic acids is 1. The van der Waals surface area contributed by atoms with Crippen LogP contribution in [0.5, 0.6) is 0 Å². The molecule has 1 atom stereocenters. The molecule has 1 aliphatic rings. The van der Waals surface area contributed by atoms with E-state index >= 15 is 0 Å². The largest absolute Gasteiger partial charge is 0.314 e. The zero-order valence-corrected chi connectivity index (χ0v) is 12.2. The number of carbonyl (C=O) groups is 1. The highest BCUT2D eigenvalue weighted by molar-refractivity contribution is 9.28. The second kappa shape index (κ2) is 4.00. The second-order valence-electron chi connectivity index (χ2n) is 4.02. The van der Waals surface area contributed by atoms with Crippen molar-refractivity contribution in [2.75, 3.05) is 11.9 Å². The number of amides is 1. The third-order valence-corrected chi connectivity index (χ3v) is 3.43. The number of anilines is 1. The molecule has 2 nitrogen and oxygen atoms in total. The fraction of sp³-hybridized carbons (Fsp3) is 0.250. The molecular formula is C12H11Br2NO. The Hall–Kier alpha value is -0.610. The molecule has 0 aliphatic carbocycles. The molecule has 0 N–H and O–H groups in total. The average Bonchev–Trinajstić information content (AvgIpc) is 2.42. The van der Waals surface area contributed by atoms with E-state index in [2.05, 4.69) is 31.9 Å². The summed E-state index contributed by atoms with van der Waals surface area (Å²) in [6.07, 6.45) is 1.89.